The Balaban J connectivity index is 1.93. The molecule has 17 heavy (non-hydrogen) atoms. The van der Waals surface area contributed by atoms with E-state index in [0.717, 1.165) is 4.90 Å². The smallest absolute Gasteiger partial charge is 0.343 e. The predicted octanol–water partition coefficient (Wildman–Crippen LogP) is 2.46. The van der Waals surface area contributed by atoms with Crippen molar-refractivity contribution in [3.63, 3.8) is 0 Å². The third-order valence-electron chi connectivity index (χ3n) is 2.56. The van der Waals surface area contributed by atoms with E-state index in [9.17, 15) is 18.0 Å². The van der Waals surface area contributed by atoms with Crippen molar-refractivity contribution >= 4 is 17.7 Å². The molecule has 2 nitrogen and oxygen atoms in total. The molecule has 1 amide bonds. The van der Waals surface area contributed by atoms with E-state index < -0.39 is 24.0 Å². The Kier molecular flexibility index (Phi) is 3.33. The van der Waals surface area contributed by atoms with Crippen LogP contribution in [-0.2, 0) is 4.79 Å². The fourth-order valence-electron chi connectivity index (χ4n) is 1.60. The lowest BCUT2D eigenvalue weighted by atomic mass is 9.92. The van der Waals surface area contributed by atoms with Crippen molar-refractivity contribution in [2.75, 3.05) is 5.75 Å². The number of thioether (sulfide) groups is 1. The summed E-state index contributed by atoms with van der Waals surface area (Å²) < 4.78 is 37.3. The molecule has 0 radical (unpaired) electrons. The Bertz CT molecular complexity index is 407. The van der Waals surface area contributed by atoms with Crippen molar-refractivity contribution in [1.29, 1.82) is 0 Å². The lowest BCUT2D eigenvalue weighted by Crippen LogP contribution is -2.65. The molecule has 1 heterocycles. The second-order valence-electron chi connectivity index (χ2n) is 3.76. The van der Waals surface area contributed by atoms with Gasteiger partial charge in [0.15, 0.2) is 0 Å². The summed E-state index contributed by atoms with van der Waals surface area (Å²) in [5.41, 5.74) is 0. The molecule has 92 valence electrons. The van der Waals surface area contributed by atoms with E-state index in [-0.39, 0.29) is 5.75 Å². The first-order chi connectivity index (χ1) is 7.98. The van der Waals surface area contributed by atoms with Crippen LogP contribution in [0.25, 0.3) is 0 Å². The molecule has 1 aliphatic rings. The Hall–Kier alpha value is -1.17. The number of rotatable bonds is 3. The predicted molar refractivity (Wildman–Crippen MR) is 58.6 cm³/mol. The molecule has 0 spiro atoms. The summed E-state index contributed by atoms with van der Waals surface area (Å²) in [5.74, 6) is -1.34. The topological polar surface area (TPSA) is 29.1 Å². The summed E-state index contributed by atoms with van der Waals surface area (Å²) in [6, 6.07) is 7.38. The van der Waals surface area contributed by atoms with Gasteiger partial charge in [0.05, 0.1) is 5.92 Å². The average Bonchev–Trinajstić information content (AvgIpc) is 2.26. The van der Waals surface area contributed by atoms with Gasteiger partial charge in [0, 0.05) is 10.6 Å². The van der Waals surface area contributed by atoms with Crippen LogP contribution in [0.5, 0.6) is 0 Å². The van der Waals surface area contributed by atoms with Crippen molar-refractivity contribution in [1.82, 2.24) is 5.32 Å². The number of amides is 1. The molecule has 1 aromatic carbocycles. The van der Waals surface area contributed by atoms with Gasteiger partial charge >= 0.3 is 6.18 Å². The van der Waals surface area contributed by atoms with Crippen molar-refractivity contribution in [3.8, 4) is 0 Å². The van der Waals surface area contributed by atoms with Crippen molar-refractivity contribution in [3.05, 3.63) is 30.3 Å². The molecule has 1 aromatic rings. The van der Waals surface area contributed by atoms with E-state index in [4.69, 9.17) is 0 Å². The lowest BCUT2D eigenvalue weighted by molar-refractivity contribution is -0.191. The number of carbonyl (C=O) groups is 1. The molecule has 1 fully saturated rings. The molecule has 1 N–H and O–H groups in total. The van der Waals surface area contributed by atoms with Crippen molar-refractivity contribution < 1.29 is 18.0 Å². The van der Waals surface area contributed by atoms with Crippen LogP contribution in [0.4, 0.5) is 13.2 Å². The van der Waals surface area contributed by atoms with Gasteiger partial charge in [-0.3, -0.25) is 4.79 Å². The molecule has 6 heteroatoms. The minimum Gasteiger partial charge on any atom is -0.343 e. The highest BCUT2D eigenvalue weighted by atomic mass is 32.2. The molecular formula is C11H10F3NOS. The van der Waals surface area contributed by atoms with Gasteiger partial charge < -0.3 is 5.32 Å². The Labute approximate surface area is 101 Å². The molecule has 0 saturated carbocycles. The van der Waals surface area contributed by atoms with Gasteiger partial charge in [-0.1, -0.05) is 18.2 Å². The van der Waals surface area contributed by atoms with E-state index in [1.807, 2.05) is 35.6 Å². The maximum absolute atomic E-state index is 12.4. The highest BCUT2D eigenvalue weighted by molar-refractivity contribution is 7.99. The number of carbonyl (C=O) groups excluding carboxylic acids is 1. The zero-order valence-corrected chi connectivity index (χ0v) is 9.52. The maximum Gasteiger partial charge on any atom is 0.409 e. The van der Waals surface area contributed by atoms with Gasteiger partial charge in [0.2, 0.25) is 5.91 Å². The molecular weight excluding hydrogens is 251 g/mol. The zero-order chi connectivity index (χ0) is 12.5. The van der Waals surface area contributed by atoms with Crippen LogP contribution < -0.4 is 5.32 Å². The molecule has 2 atom stereocenters. The summed E-state index contributed by atoms with van der Waals surface area (Å²) >= 11 is 1.27. The third kappa shape index (κ3) is 2.74. The second kappa shape index (κ2) is 4.60. The van der Waals surface area contributed by atoms with Gasteiger partial charge in [-0.2, -0.15) is 13.2 Å². The summed E-state index contributed by atoms with van der Waals surface area (Å²) in [5, 5.41) is 1.89. The van der Waals surface area contributed by atoms with E-state index >= 15 is 0 Å². The van der Waals surface area contributed by atoms with Gasteiger partial charge in [-0.15, -0.1) is 11.8 Å². The van der Waals surface area contributed by atoms with Crippen molar-refractivity contribution in [2.24, 2.45) is 5.92 Å². The minimum atomic E-state index is -4.35. The molecule has 1 saturated heterocycles. The number of nitrogens with one attached hydrogen (secondary N) is 1. The number of halogens is 3. The molecule has 0 bridgehead atoms. The fraction of sp³-hybridized carbons (Fsp3) is 0.364. The number of benzene rings is 1. The van der Waals surface area contributed by atoms with Crippen LogP contribution in [0.3, 0.4) is 0 Å². The Morgan fingerprint density at radius 3 is 2.41 bits per heavy atom. The minimum absolute atomic E-state index is 0.153. The quantitative estimate of drug-likeness (QED) is 0.669. The van der Waals surface area contributed by atoms with Crippen LogP contribution >= 0.6 is 11.8 Å². The summed E-state index contributed by atoms with van der Waals surface area (Å²) in [6.07, 6.45) is -4.35. The number of hydrogen-bond donors (Lipinski definition) is 1. The number of β-lactam (4-membered cyclic amide) rings is 1. The first kappa shape index (κ1) is 12.3. The highest BCUT2D eigenvalue weighted by Gasteiger charge is 2.54. The number of hydrogen-bond acceptors (Lipinski definition) is 2. The Morgan fingerprint density at radius 2 is 1.88 bits per heavy atom. The van der Waals surface area contributed by atoms with E-state index in [1.165, 1.54) is 11.8 Å². The van der Waals surface area contributed by atoms with E-state index in [2.05, 4.69) is 0 Å². The standard InChI is InChI=1S/C11H10F3NOS/c12-11(13,14)9-8(10(16)15-9)6-17-7-4-2-1-3-5-7/h1-5,8-9H,6H2,(H,15,16). The first-order valence-corrected chi connectivity index (χ1v) is 6.02. The normalized spacial score (nSPS) is 24.1. The van der Waals surface area contributed by atoms with Gasteiger partial charge in [-0.25, -0.2) is 0 Å². The van der Waals surface area contributed by atoms with Gasteiger partial charge in [0.1, 0.15) is 6.04 Å². The summed E-state index contributed by atoms with van der Waals surface area (Å²) in [6.45, 7) is 0. The monoisotopic (exact) mass is 261 g/mol. The molecule has 0 aromatic heterocycles. The zero-order valence-electron chi connectivity index (χ0n) is 8.70. The number of alkyl halides is 3. The maximum atomic E-state index is 12.4. The molecule has 2 rings (SSSR count). The average molecular weight is 261 g/mol. The molecule has 1 aliphatic heterocycles. The highest BCUT2D eigenvalue weighted by Crippen LogP contribution is 2.34. The van der Waals surface area contributed by atoms with Crippen LogP contribution in [-0.4, -0.2) is 23.9 Å². The van der Waals surface area contributed by atoms with Gasteiger partial charge in [0.25, 0.3) is 0 Å². The lowest BCUT2D eigenvalue weighted by Gasteiger charge is -2.37. The second-order valence-corrected chi connectivity index (χ2v) is 4.85. The van der Waals surface area contributed by atoms with Crippen molar-refractivity contribution in [2.45, 2.75) is 17.1 Å². The van der Waals surface area contributed by atoms with Gasteiger partial charge in [-0.05, 0) is 12.1 Å². The van der Waals surface area contributed by atoms with Crippen LogP contribution in [0.2, 0.25) is 0 Å². The van der Waals surface area contributed by atoms with E-state index in [0.29, 0.717) is 0 Å². The third-order valence-corrected chi connectivity index (χ3v) is 3.69. The van der Waals surface area contributed by atoms with E-state index in [1.54, 1.807) is 0 Å². The van der Waals surface area contributed by atoms with Crippen LogP contribution in [0.15, 0.2) is 35.2 Å². The Morgan fingerprint density at radius 1 is 1.24 bits per heavy atom. The summed E-state index contributed by atoms with van der Waals surface area (Å²) in [4.78, 5) is 12.0. The van der Waals surface area contributed by atoms with Crippen LogP contribution in [0.1, 0.15) is 0 Å². The largest absolute Gasteiger partial charge is 0.409 e. The molecule has 2 unspecified atom stereocenters. The SMILES string of the molecule is O=C1NC(C(F)(F)F)C1CSc1ccccc1. The van der Waals surface area contributed by atoms with Crippen LogP contribution in [0, 0.1) is 5.92 Å². The molecule has 0 aliphatic carbocycles. The summed E-state index contributed by atoms with van der Waals surface area (Å²) in [7, 11) is 0. The fourth-order valence-corrected chi connectivity index (χ4v) is 2.67. The first-order valence-electron chi connectivity index (χ1n) is 5.03.